The number of anilines is 1. The molecule has 0 bridgehead atoms. The van der Waals surface area contributed by atoms with E-state index in [0.29, 0.717) is 0 Å². The molecule has 1 fully saturated rings. The number of benzene rings is 1. The fourth-order valence-electron chi connectivity index (χ4n) is 3.45. The van der Waals surface area contributed by atoms with Crippen molar-refractivity contribution in [1.82, 2.24) is 4.90 Å². The van der Waals surface area contributed by atoms with Crippen LogP contribution in [0.25, 0.3) is 0 Å². The molecule has 5 heteroatoms. The van der Waals surface area contributed by atoms with Crippen LogP contribution >= 0.6 is 23.6 Å². The van der Waals surface area contributed by atoms with Gasteiger partial charge in [0, 0.05) is 10.6 Å². The lowest BCUT2D eigenvalue weighted by atomic mass is 10.2. The van der Waals surface area contributed by atoms with Crippen molar-refractivity contribution in [3.8, 4) is 0 Å². The quantitative estimate of drug-likeness (QED) is 0.736. The second-order valence-electron chi connectivity index (χ2n) is 7.21. The fourth-order valence-corrected chi connectivity index (χ4v) is 4.45. The number of aryl methyl sites for hydroxylation is 1. The fraction of sp³-hybridized carbons (Fsp3) is 0.476. The topological polar surface area (TPSA) is 19.7 Å². The molecule has 3 rings (SSSR count). The van der Waals surface area contributed by atoms with E-state index in [1.807, 2.05) is 0 Å². The van der Waals surface area contributed by atoms with Gasteiger partial charge in [-0.15, -0.1) is 11.3 Å². The van der Waals surface area contributed by atoms with Crippen LogP contribution in [-0.4, -0.2) is 36.2 Å². The highest BCUT2D eigenvalue weighted by molar-refractivity contribution is 7.80. The van der Waals surface area contributed by atoms with Crippen LogP contribution in [0.1, 0.15) is 36.1 Å². The Morgan fingerprint density at radius 2 is 1.85 bits per heavy atom. The lowest BCUT2D eigenvalue weighted by Crippen LogP contribution is -3.12. The van der Waals surface area contributed by atoms with Crippen molar-refractivity contribution in [2.24, 2.45) is 0 Å². The number of hydrogen-bond acceptors (Lipinski definition) is 2. The van der Waals surface area contributed by atoms with Crippen LogP contribution in [0.2, 0.25) is 0 Å². The minimum absolute atomic E-state index is 0.830. The molecule has 140 valence electrons. The van der Waals surface area contributed by atoms with Crippen LogP contribution in [0.3, 0.4) is 0 Å². The summed E-state index contributed by atoms with van der Waals surface area (Å²) in [6.07, 6.45) is 5.53. The zero-order valence-electron chi connectivity index (χ0n) is 15.7. The molecule has 0 unspecified atom stereocenters. The van der Waals surface area contributed by atoms with Gasteiger partial charge in [0.15, 0.2) is 5.11 Å². The smallest absolute Gasteiger partial charge is 0.173 e. The normalized spacial score (nSPS) is 15.4. The Morgan fingerprint density at radius 1 is 1.12 bits per heavy atom. The summed E-state index contributed by atoms with van der Waals surface area (Å²) in [6.45, 7) is 7.79. The summed E-state index contributed by atoms with van der Waals surface area (Å²) in [5.41, 5.74) is 2.33. The Labute approximate surface area is 167 Å². The molecule has 1 saturated heterocycles. The van der Waals surface area contributed by atoms with Gasteiger partial charge in [-0.2, -0.15) is 0 Å². The zero-order valence-corrected chi connectivity index (χ0v) is 17.3. The van der Waals surface area contributed by atoms with Crippen LogP contribution in [-0.2, 0) is 6.54 Å². The van der Waals surface area contributed by atoms with E-state index in [0.717, 1.165) is 23.9 Å². The maximum Gasteiger partial charge on any atom is 0.173 e. The first-order chi connectivity index (χ1) is 12.7. The van der Waals surface area contributed by atoms with Crippen LogP contribution in [0.15, 0.2) is 41.8 Å². The summed E-state index contributed by atoms with van der Waals surface area (Å²) >= 11 is 7.57. The van der Waals surface area contributed by atoms with Gasteiger partial charge in [-0.1, -0.05) is 23.8 Å². The van der Waals surface area contributed by atoms with Gasteiger partial charge in [0.25, 0.3) is 0 Å². The molecule has 1 aliphatic rings. The van der Waals surface area contributed by atoms with Crippen molar-refractivity contribution >= 4 is 34.4 Å². The Kier molecular flexibility index (Phi) is 7.47. The van der Waals surface area contributed by atoms with E-state index in [-0.39, 0.29) is 0 Å². The standard InChI is InChI=1S/C21H29N3S2/c1-18-8-10-19(11-9-18)22-21(25)24(17-20-7-6-16-26-20)15-14-23-12-4-2-3-5-13-23/h6-11,16H,2-5,12-15,17H2,1H3,(H,22,25)/p+1. The highest BCUT2D eigenvalue weighted by Gasteiger charge is 2.17. The Bertz CT molecular complexity index is 659. The molecule has 2 aromatic rings. The van der Waals surface area contributed by atoms with Crippen LogP contribution < -0.4 is 10.2 Å². The third-order valence-electron chi connectivity index (χ3n) is 5.06. The third-order valence-corrected chi connectivity index (χ3v) is 6.28. The second-order valence-corrected chi connectivity index (χ2v) is 8.63. The van der Waals surface area contributed by atoms with E-state index in [9.17, 15) is 0 Å². The zero-order chi connectivity index (χ0) is 18.2. The summed E-state index contributed by atoms with van der Waals surface area (Å²) in [6, 6.07) is 12.8. The van der Waals surface area contributed by atoms with E-state index in [2.05, 4.69) is 58.9 Å². The Hall–Kier alpha value is -1.43. The first-order valence-corrected chi connectivity index (χ1v) is 11.0. The van der Waals surface area contributed by atoms with E-state index in [1.165, 1.54) is 55.8 Å². The van der Waals surface area contributed by atoms with Gasteiger partial charge >= 0.3 is 0 Å². The highest BCUT2D eigenvalue weighted by Crippen LogP contribution is 2.14. The number of likely N-dealkylation sites (tertiary alicyclic amines) is 1. The summed E-state index contributed by atoms with van der Waals surface area (Å²) in [5, 5.41) is 6.41. The summed E-state index contributed by atoms with van der Waals surface area (Å²) in [4.78, 5) is 5.43. The summed E-state index contributed by atoms with van der Waals surface area (Å²) < 4.78 is 0. The minimum atomic E-state index is 0.830. The van der Waals surface area contributed by atoms with Gasteiger partial charge in [-0.05, 0) is 68.4 Å². The maximum atomic E-state index is 5.77. The average Bonchev–Trinajstić information content (AvgIpc) is 3.02. The van der Waals surface area contributed by atoms with Gasteiger partial charge < -0.3 is 15.1 Å². The first kappa shape index (κ1) is 19.3. The molecular weight excluding hydrogens is 358 g/mol. The molecule has 1 aromatic carbocycles. The van der Waals surface area contributed by atoms with Crippen LogP contribution in [0.4, 0.5) is 5.69 Å². The van der Waals surface area contributed by atoms with Gasteiger partial charge in [-0.25, -0.2) is 0 Å². The molecule has 0 spiro atoms. The number of hydrogen-bond donors (Lipinski definition) is 2. The second kappa shape index (κ2) is 10.0. The molecule has 1 aliphatic heterocycles. The number of rotatable bonds is 6. The van der Waals surface area contributed by atoms with E-state index >= 15 is 0 Å². The van der Waals surface area contributed by atoms with Crippen molar-refractivity contribution in [2.45, 2.75) is 39.2 Å². The van der Waals surface area contributed by atoms with Crippen LogP contribution in [0, 0.1) is 6.92 Å². The molecule has 2 heterocycles. The summed E-state index contributed by atoms with van der Waals surface area (Å²) in [7, 11) is 0. The van der Waals surface area contributed by atoms with E-state index < -0.39 is 0 Å². The molecule has 0 saturated carbocycles. The average molecular weight is 389 g/mol. The molecule has 3 nitrogen and oxygen atoms in total. The van der Waals surface area contributed by atoms with Crippen molar-refractivity contribution in [1.29, 1.82) is 0 Å². The van der Waals surface area contributed by atoms with Gasteiger partial charge in [0.2, 0.25) is 0 Å². The molecule has 0 atom stereocenters. The molecular formula is C21H30N3S2+. The molecule has 26 heavy (non-hydrogen) atoms. The maximum absolute atomic E-state index is 5.77. The molecule has 0 radical (unpaired) electrons. The monoisotopic (exact) mass is 388 g/mol. The van der Waals surface area contributed by atoms with E-state index in [1.54, 1.807) is 16.2 Å². The Morgan fingerprint density at radius 3 is 2.50 bits per heavy atom. The number of quaternary nitrogens is 1. The number of thiophene rings is 1. The number of nitrogens with zero attached hydrogens (tertiary/aromatic N) is 1. The highest BCUT2D eigenvalue weighted by atomic mass is 32.1. The summed E-state index contributed by atoms with van der Waals surface area (Å²) in [5.74, 6) is 0. The molecule has 0 amide bonds. The Balaban J connectivity index is 1.61. The largest absolute Gasteiger partial charge is 0.338 e. The third kappa shape index (κ3) is 6.08. The van der Waals surface area contributed by atoms with Crippen molar-refractivity contribution in [3.05, 3.63) is 52.2 Å². The number of nitrogens with one attached hydrogen (secondary N) is 2. The van der Waals surface area contributed by atoms with Crippen molar-refractivity contribution < 1.29 is 4.90 Å². The molecule has 2 N–H and O–H groups in total. The van der Waals surface area contributed by atoms with Gasteiger partial charge in [-0.3, -0.25) is 0 Å². The van der Waals surface area contributed by atoms with Crippen molar-refractivity contribution in [3.63, 3.8) is 0 Å². The molecule has 1 aromatic heterocycles. The predicted octanol–water partition coefficient (Wildman–Crippen LogP) is 3.71. The van der Waals surface area contributed by atoms with Crippen LogP contribution in [0.5, 0.6) is 0 Å². The minimum Gasteiger partial charge on any atom is -0.338 e. The lowest BCUT2D eigenvalue weighted by molar-refractivity contribution is -0.898. The molecule has 0 aliphatic carbocycles. The number of thiocarbonyl (C=S) groups is 1. The lowest BCUT2D eigenvalue weighted by Gasteiger charge is -2.27. The predicted molar refractivity (Wildman–Crippen MR) is 116 cm³/mol. The van der Waals surface area contributed by atoms with Crippen molar-refractivity contribution in [2.75, 3.05) is 31.5 Å². The van der Waals surface area contributed by atoms with Gasteiger partial charge in [0.1, 0.15) is 0 Å². The van der Waals surface area contributed by atoms with Gasteiger partial charge in [0.05, 0.1) is 32.7 Å². The SMILES string of the molecule is Cc1ccc(NC(=S)N(CC[NH+]2CCCCCC2)Cc2cccs2)cc1. The van der Waals surface area contributed by atoms with E-state index in [4.69, 9.17) is 12.2 Å². The first-order valence-electron chi connectivity index (χ1n) is 9.69.